The number of fused-ring (bicyclic) bond motifs is 1. The number of rotatable bonds is 2. The number of hydrogen-bond donors (Lipinski definition) is 0. The number of carbonyl (C=O) groups excluding carboxylic acids is 1. The van der Waals surface area contributed by atoms with Crippen LogP contribution in [0.4, 0.5) is 0 Å². The maximum atomic E-state index is 11.1. The van der Waals surface area contributed by atoms with Gasteiger partial charge in [-0.3, -0.25) is 9.48 Å². The van der Waals surface area contributed by atoms with E-state index in [1.807, 2.05) is 25.2 Å². The normalized spacial score (nSPS) is 10.5. The molecule has 1 heterocycles. The van der Waals surface area contributed by atoms with Gasteiger partial charge in [-0.05, 0) is 17.7 Å². The van der Waals surface area contributed by atoms with Gasteiger partial charge in [0.15, 0.2) is 0 Å². The van der Waals surface area contributed by atoms with Crippen molar-refractivity contribution in [1.29, 1.82) is 0 Å². The second-order valence-corrected chi connectivity index (χ2v) is 3.41. The molecule has 0 atom stereocenters. The Kier molecular flexibility index (Phi) is 2.41. The first-order valence-corrected chi connectivity index (χ1v) is 4.68. The van der Waals surface area contributed by atoms with Gasteiger partial charge in [0.05, 0.1) is 25.2 Å². The lowest BCUT2D eigenvalue weighted by atomic mass is 10.1. The van der Waals surface area contributed by atoms with Crippen LogP contribution in [0.5, 0.6) is 0 Å². The molecule has 0 spiro atoms. The number of esters is 1. The fraction of sp³-hybridized carbons (Fsp3) is 0.273. The average molecular weight is 204 g/mol. The van der Waals surface area contributed by atoms with Crippen LogP contribution >= 0.6 is 0 Å². The SMILES string of the molecule is COC(=O)Cc1ccc2c(cnn2C)c1. The van der Waals surface area contributed by atoms with E-state index in [2.05, 4.69) is 9.84 Å². The lowest BCUT2D eigenvalue weighted by Gasteiger charge is -2.00. The number of nitrogens with zero attached hydrogens (tertiary/aromatic N) is 2. The highest BCUT2D eigenvalue weighted by atomic mass is 16.5. The summed E-state index contributed by atoms with van der Waals surface area (Å²) in [6.07, 6.45) is 2.09. The summed E-state index contributed by atoms with van der Waals surface area (Å²) in [5, 5.41) is 5.18. The molecule has 0 saturated carbocycles. The van der Waals surface area contributed by atoms with Crippen molar-refractivity contribution < 1.29 is 9.53 Å². The molecule has 0 bridgehead atoms. The molecular formula is C11H12N2O2. The van der Waals surface area contributed by atoms with E-state index in [9.17, 15) is 4.79 Å². The number of carbonyl (C=O) groups is 1. The van der Waals surface area contributed by atoms with Crippen LogP contribution in [0, 0.1) is 0 Å². The molecule has 1 aromatic carbocycles. The van der Waals surface area contributed by atoms with Crippen LogP contribution in [0.2, 0.25) is 0 Å². The van der Waals surface area contributed by atoms with Gasteiger partial charge in [-0.1, -0.05) is 6.07 Å². The smallest absolute Gasteiger partial charge is 0.309 e. The minimum Gasteiger partial charge on any atom is -0.469 e. The molecule has 0 fully saturated rings. The summed E-state index contributed by atoms with van der Waals surface area (Å²) in [6.45, 7) is 0. The van der Waals surface area contributed by atoms with Gasteiger partial charge in [-0.25, -0.2) is 0 Å². The van der Waals surface area contributed by atoms with Gasteiger partial charge >= 0.3 is 5.97 Å². The molecule has 2 rings (SSSR count). The van der Waals surface area contributed by atoms with Crippen LogP contribution in [0.3, 0.4) is 0 Å². The zero-order valence-electron chi connectivity index (χ0n) is 8.73. The summed E-state index contributed by atoms with van der Waals surface area (Å²) in [5.41, 5.74) is 2.01. The molecule has 0 unspecified atom stereocenters. The van der Waals surface area contributed by atoms with E-state index in [4.69, 9.17) is 0 Å². The van der Waals surface area contributed by atoms with Crippen LogP contribution < -0.4 is 0 Å². The molecule has 4 nitrogen and oxygen atoms in total. The minimum atomic E-state index is -0.224. The number of benzene rings is 1. The Morgan fingerprint density at radius 2 is 2.33 bits per heavy atom. The van der Waals surface area contributed by atoms with E-state index in [0.717, 1.165) is 16.5 Å². The molecule has 0 N–H and O–H groups in total. The van der Waals surface area contributed by atoms with E-state index in [-0.39, 0.29) is 5.97 Å². The Hall–Kier alpha value is -1.84. The summed E-state index contributed by atoms with van der Waals surface area (Å²) >= 11 is 0. The molecule has 0 radical (unpaired) electrons. The quantitative estimate of drug-likeness (QED) is 0.692. The Morgan fingerprint density at radius 3 is 3.07 bits per heavy atom. The van der Waals surface area contributed by atoms with Crippen molar-refractivity contribution in [3.63, 3.8) is 0 Å². The van der Waals surface area contributed by atoms with Crippen molar-refractivity contribution in [3.8, 4) is 0 Å². The largest absolute Gasteiger partial charge is 0.469 e. The second kappa shape index (κ2) is 3.73. The monoisotopic (exact) mass is 204 g/mol. The molecule has 0 aliphatic rings. The molecule has 0 saturated heterocycles. The van der Waals surface area contributed by atoms with Gasteiger partial charge in [-0.2, -0.15) is 5.10 Å². The predicted molar refractivity (Wildman–Crippen MR) is 56.4 cm³/mol. The highest BCUT2D eigenvalue weighted by Gasteiger charge is 2.05. The average Bonchev–Trinajstić information content (AvgIpc) is 2.60. The third-order valence-electron chi connectivity index (χ3n) is 2.39. The van der Waals surface area contributed by atoms with Gasteiger partial charge in [0.1, 0.15) is 0 Å². The minimum absolute atomic E-state index is 0.224. The lowest BCUT2D eigenvalue weighted by Crippen LogP contribution is -2.04. The van der Waals surface area contributed by atoms with Crippen LogP contribution in [0.25, 0.3) is 10.9 Å². The first-order valence-electron chi connectivity index (χ1n) is 4.68. The highest BCUT2D eigenvalue weighted by molar-refractivity contribution is 5.81. The zero-order chi connectivity index (χ0) is 10.8. The topological polar surface area (TPSA) is 44.1 Å². The summed E-state index contributed by atoms with van der Waals surface area (Å²) in [4.78, 5) is 11.1. The molecule has 0 aliphatic carbocycles. The number of ether oxygens (including phenoxy) is 1. The van der Waals surface area contributed by atoms with E-state index in [0.29, 0.717) is 6.42 Å². The maximum absolute atomic E-state index is 11.1. The zero-order valence-corrected chi connectivity index (χ0v) is 8.73. The van der Waals surface area contributed by atoms with Gasteiger partial charge in [0, 0.05) is 12.4 Å². The molecular weight excluding hydrogens is 192 g/mol. The molecule has 15 heavy (non-hydrogen) atoms. The van der Waals surface area contributed by atoms with Crippen molar-refractivity contribution in [2.24, 2.45) is 7.05 Å². The van der Waals surface area contributed by atoms with E-state index < -0.39 is 0 Å². The van der Waals surface area contributed by atoms with Gasteiger partial charge in [0.2, 0.25) is 0 Å². The highest BCUT2D eigenvalue weighted by Crippen LogP contribution is 2.15. The number of aryl methyl sites for hydroxylation is 1. The third-order valence-corrected chi connectivity index (χ3v) is 2.39. The first kappa shape index (κ1) is 9.71. The van der Waals surface area contributed by atoms with Crippen molar-refractivity contribution in [1.82, 2.24) is 9.78 Å². The lowest BCUT2D eigenvalue weighted by molar-refractivity contribution is -0.139. The van der Waals surface area contributed by atoms with Crippen LogP contribution in [-0.2, 0) is 23.0 Å². The van der Waals surface area contributed by atoms with E-state index >= 15 is 0 Å². The Labute approximate surface area is 87.5 Å². The maximum Gasteiger partial charge on any atom is 0.309 e. The van der Waals surface area contributed by atoms with Crippen molar-refractivity contribution in [2.45, 2.75) is 6.42 Å². The fourth-order valence-electron chi connectivity index (χ4n) is 1.56. The molecule has 0 amide bonds. The second-order valence-electron chi connectivity index (χ2n) is 3.41. The molecule has 78 valence electrons. The van der Waals surface area contributed by atoms with Crippen molar-refractivity contribution >= 4 is 16.9 Å². The molecule has 2 aromatic rings. The summed E-state index contributed by atoms with van der Waals surface area (Å²) in [7, 11) is 3.28. The predicted octanol–water partition coefficient (Wildman–Crippen LogP) is 1.29. The summed E-state index contributed by atoms with van der Waals surface area (Å²) < 4.78 is 6.41. The Morgan fingerprint density at radius 1 is 1.53 bits per heavy atom. The first-order chi connectivity index (χ1) is 7.20. The van der Waals surface area contributed by atoms with Gasteiger partial charge < -0.3 is 4.74 Å². The molecule has 1 aromatic heterocycles. The van der Waals surface area contributed by atoms with Crippen LogP contribution in [-0.4, -0.2) is 22.9 Å². The standard InChI is InChI=1S/C11H12N2O2/c1-13-10-4-3-8(6-11(14)15-2)5-9(10)7-12-13/h3-5,7H,6H2,1-2H3. The summed E-state index contributed by atoms with van der Waals surface area (Å²) in [6, 6.07) is 5.83. The van der Waals surface area contributed by atoms with E-state index in [1.54, 1.807) is 10.9 Å². The Bertz CT molecular complexity index is 502. The summed E-state index contributed by atoms with van der Waals surface area (Å²) in [5.74, 6) is -0.224. The van der Waals surface area contributed by atoms with Crippen molar-refractivity contribution in [3.05, 3.63) is 30.0 Å². The van der Waals surface area contributed by atoms with Crippen molar-refractivity contribution in [2.75, 3.05) is 7.11 Å². The number of aromatic nitrogens is 2. The van der Waals surface area contributed by atoms with Crippen LogP contribution in [0.15, 0.2) is 24.4 Å². The van der Waals surface area contributed by atoms with Gasteiger partial charge in [-0.15, -0.1) is 0 Å². The molecule has 4 heteroatoms. The molecule has 0 aliphatic heterocycles. The number of hydrogen-bond acceptors (Lipinski definition) is 3. The Balaban J connectivity index is 2.35. The third kappa shape index (κ3) is 1.83. The fourth-order valence-corrected chi connectivity index (χ4v) is 1.56. The van der Waals surface area contributed by atoms with Gasteiger partial charge in [0.25, 0.3) is 0 Å². The van der Waals surface area contributed by atoms with Crippen LogP contribution in [0.1, 0.15) is 5.56 Å². The van der Waals surface area contributed by atoms with E-state index in [1.165, 1.54) is 7.11 Å². The number of methoxy groups -OCH3 is 1.